The molecule has 0 saturated carbocycles. The quantitative estimate of drug-likeness (QED) is 0.769. The van der Waals surface area contributed by atoms with Crippen LogP contribution in [0.2, 0.25) is 0 Å². The van der Waals surface area contributed by atoms with Crippen LogP contribution in [0.15, 0.2) is 24.3 Å². The van der Waals surface area contributed by atoms with Crippen LogP contribution in [0.4, 0.5) is 0 Å². The molecule has 2 atom stereocenters. The first kappa shape index (κ1) is 14.8. The van der Waals surface area contributed by atoms with Gasteiger partial charge in [0, 0.05) is 6.04 Å². The highest BCUT2D eigenvalue weighted by Gasteiger charge is 2.16. The fraction of sp³-hybridized carbons (Fsp3) is 0.600. The Hall–Kier alpha value is -1.22. The highest BCUT2D eigenvalue weighted by molar-refractivity contribution is 5.39. The Balaban J connectivity index is 2.70. The SMILES string of the molecule is CCCOc1ccccc1OC(C)C(CC)NC. The van der Waals surface area contributed by atoms with Crippen molar-refractivity contribution in [2.45, 2.75) is 45.8 Å². The molecule has 0 spiro atoms. The van der Waals surface area contributed by atoms with Gasteiger partial charge in [0.15, 0.2) is 11.5 Å². The van der Waals surface area contributed by atoms with E-state index in [1.165, 1.54) is 0 Å². The summed E-state index contributed by atoms with van der Waals surface area (Å²) in [6, 6.07) is 8.21. The van der Waals surface area contributed by atoms with Gasteiger partial charge in [0.1, 0.15) is 6.10 Å². The fourth-order valence-electron chi connectivity index (χ4n) is 1.93. The molecule has 102 valence electrons. The molecule has 3 heteroatoms. The molecule has 1 N–H and O–H groups in total. The van der Waals surface area contributed by atoms with Crippen molar-refractivity contribution in [3.05, 3.63) is 24.3 Å². The number of benzene rings is 1. The van der Waals surface area contributed by atoms with Gasteiger partial charge in [-0.05, 0) is 38.9 Å². The largest absolute Gasteiger partial charge is 0.490 e. The number of likely N-dealkylation sites (N-methyl/N-ethyl adjacent to an activating group) is 1. The lowest BCUT2D eigenvalue weighted by molar-refractivity contribution is 0.162. The zero-order chi connectivity index (χ0) is 13.4. The van der Waals surface area contributed by atoms with Crippen LogP contribution in [-0.4, -0.2) is 25.8 Å². The lowest BCUT2D eigenvalue weighted by Crippen LogP contribution is -2.38. The molecule has 0 heterocycles. The number of nitrogens with one attached hydrogen (secondary N) is 1. The van der Waals surface area contributed by atoms with Crippen molar-refractivity contribution in [3.63, 3.8) is 0 Å². The van der Waals surface area contributed by atoms with E-state index in [1.54, 1.807) is 0 Å². The van der Waals surface area contributed by atoms with Gasteiger partial charge in [-0.3, -0.25) is 0 Å². The fourth-order valence-corrected chi connectivity index (χ4v) is 1.93. The third-order valence-electron chi connectivity index (χ3n) is 3.00. The van der Waals surface area contributed by atoms with E-state index in [-0.39, 0.29) is 6.10 Å². The van der Waals surface area contributed by atoms with Gasteiger partial charge in [-0.15, -0.1) is 0 Å². The molecule has 0 saturated heterocycles. The average Bonchev–Trinajstić information content (AvgIpc) is 2.39. The highest BCUT2D eigenvalue weighted by Crippen LogP contribution is 2.28. The molecule has 18 heavy (non-hydrogen) atoms. The van der Waals surface area contributed by atoms with E-state index < -0.39 is 0 Å². The van der Waals surface area contributed by atoms with Gasteiger partial charge in [0.2, 0.25) is 0 Å². The summed E-state index contributed by atoms with van der Waals surface area (Å²) in [4.78, 5) is 0. The summed E-state index contributed by atoms with van der Waals surface area (Å²) in [7, 11) is 1.97. The van der Waals surface area contributed by atoms with Crippen LogP contribution in [0.1, 0.15) is 33.6 Å². The molecule has 0 aromatic heterocycles. The molecule has 0 amide bonds. The van der Waals surface area contributed by atoms with Gasteiger partial charge in [-0.1, -0.05) is 26.0 Å². The first-order valence-corrected chi connectivity index (χ1v) is 6.78. The number of hydrogen-bond donors (Lipinski definition) is 1. The van der Waals surface area contributed by atoms with E-state index in [9.17, 15) is 0 Å². The van der Waals surface area contributed by atoms with Gasteiger partial charge in [-0.25, -0.2) is 0 Å². The maximum absolute atomic E-state index is 6.00. The Bertz CT molecular complexity index is 337. The van der Waals surface area contributed by atoms with Gasteiger partial charge in [0.25, 0.3) is 0 Å². The second-order valence-electron chi connectivity index (χ2n) is 4.42. The van der Waals surface area contributed by atoms with Crippen molar-refractivity contribution in [1.29, 1.82) is 0 Å². The minimum absolute atomic E-state index is 0.117. The number of para-hydroxylation sites is 2. The Morgan fingerprint density at radius 2 is 1.83 bits per heavy atom. The number of hydrogen-bond acceptors (Lipinski definition) is 3. The Morgan fingerprint density at radius 1 is 1.17 bits per heavy atom. The zero-order valence-electron chi connectivity index (χ0n) is 11.9. The van der Waals surface area contributed by atoms with E-state index in [0.717, 1.165) is 30.9 Å². The summed E-state index contributed by atoms with van der Waals surface area (Å²) in [5.74, 6) is 1.66. The molecule has 0 radical (unpaired) electrons. The van der Waals surface area contributed by atoms with Crippen LogP contribution < -0.4 is 14.8 Å². The maximum atomic E-state index is 6.00. The van der Waals surface area contributed by atoms with Gasteiger partial charge in [0.05, 0.1) is 6.61 Å². The molecule has 0 aliphatic carbocycles. The molecule has 0 fully saturated rings. The van der Waals surface area contributed by atoms with E-state index >= 15 is 0 Å². The van der Waals surface area contributed by atoms with Crippen LogP contribution in [-0.2, 0) is 0 Å². The molecule has 0 bridgehead atoms. The van der Waals surface area contributed by atoms with Crippen LogP contribution in [0.3, 0.4) is 0 Å². The molecule has 0 aliphatic rings. The molecular weight excluding hydrogens is 226 g/mol. The maximum Gasteiger partial charge on any atom is 0.161 e. The van der Waals surface area contributed by atoms with Crippen molar-refractivity contribution < 1.29 is 9.47 Å². The number of ether oxygens (including phenoxy) is 2. The third kappa shape index (κ3) is 4.22. The molecule has 3 nitrogen and oxygen atoms in total. The number of rotatable bonds is 8. The molecule has 1 aromatic rings. The predicted octanol–water partition coefficient (Wildman–Crippen LogP) is 3.24. The molecule has 1 rings (SSSR count). The summed E-state index contributed by atoms with van der Waals surface area (Å²) in [6.07, 6.45) is 2.15. The molecule has 1 aromatic carbocycles. The molecular formula is C15H25NO2. The second-order valence-corrected chi connectivity index (χ2v) is 4.42. The standard InChI is InChI=1S/C15H25NO2/c1-5-11-17-14-9-7-8-10-15(14)18-12(3)13(6-2)16-4/h7-10,12-13,16H,5-6,11H2,1-4H3. The minimum atomic E-state index is 0.117. The van der Waals surface area contributed by atoms with Crippen LogP contribution in [0.5, 0.6) is 11.5 Å². The molecule has 2 unspecified atom stereocenters. The lowest BCUT2D eigenvalue weighted by atomic mass is 10.1. The first-order valence-electron chi connectivity index (χ1n) is 6.78. The summed E-state index contributed by atoms with van der Waals surface area (Å²) in [5.41, 5.74) is 0. The van der Waals surface area contributed by atoms with E-state index in [1.807, 2.05) is 31.3 Å². The van der Waals surface area contributed by atoms with Crippen LogP contribution in [0, 0.1) is 0 Å². The Labute approximate surface area is 110 Å². The van der Waals surface area contributed by atoms with Crippen LogP contribution in [0.25, 0.3) is 0 Å². The monoisotopic (exact) mass is 251 g/mol. The van der Waals surface area contributed by atoms with Crippen molar-refractivity contribution >= 4 is 0 Å². The minimum Gasteiger partial charge on any atom is -0.490 e. The lowest BCUT2D eigenvalue weighted by Gasteiger charge is -2.24. The summed E-state index contributed by atoms with van der Waals surface area (Å²) in [6.45, 7) is 7.06. The Kier molecular flexibility index (Phi) is 6.58. The second kappa shape index (κ2) is 7.98. The van der Waals surface area contributed by atoms with E-state index in [4.69, 9.17) is 9.47 Å². The van der Waals surface area contributed by atoms with Gasteiger partial charge in [-0.2, -0.15) is 0 Å². The topological polar surface area (TPSA) is 30.5 Å². The normalized spacial score (nSPS) is 14.0. The van der Waals surface area contributed by atoms with Crippen molar-refractivity contribution in [1.82, 2.24) is 5.32 Å². The third-order valence-corrected chi connectivity index (χ3v) is 3.00. The van der Waals surface area contributed by atoms with Crippen molar-refractivity contribution in [3.8, 4) is 11.5 Å². The van der Waals surface area contributed by atoms with Crippen LogP contribution >= 0.6 is 0 Å². The smallest absolute Gasteiger partial charge is 0.161 e. The van der Waals surface area contributed by atoms with Crippen molar-refractivity contribution in [2.75, 3.05) is 13.7 Å². The summed E-state index contributed by atoms with van der Waals surface area (Å²) < 4.78 is 11.7. The van der Waals surface area contributed by atoms with E-state index in [0.29, 0.717) is 6.04 Å². The Morgan fingerprint density at radius 3 is 2.39 bits per heavy atom. The van der Waals surface area contributed by atoms with Gasteiger partial charge >= 0.3 is 0 Å². The summed E-state index contributed by atoms with van der Waals surface area (Å²) >= 11 is 0. The van der Waals surface area contributed by atoms with Crippen molar-refractivity contribution in [2.24, 2.45) is 0 Å². The zero-order valence-corrected chi connectivity index (χ0v) is 11.9. The van der Waals surface area contributed by atoms with Gasteiger partial charge < -0.3 is 14.8 Å². The first-order chi connectivity index (χ1) is 8.72. The molecule has 0 aliphatic heterocycles. The van der Waals surface area contributed by atoms with E-state index in [2.05, 4.69) is 26.1 Å². The highest BCUT2D eigenvalue weighted by atomic mass is 16.5. The average molecular weight is 251 g/mol. The summed E-state index contributed by atoms with van der Waals surface area (Å²) in [5, 5.41) is 3.27. The predicted molar refractivity (Wildman–Crippen MR) is 75.5 cm³/mol.